The number of aryl methyl sites for hydroxylation is 1. The summed E-state index contributed by atoms with van der Waals surface area (Å²) >= 11 is 0. The Hall–Kier alpha value is -2.18. The van der Waals surface area contributed by atoms with Crippen LogP contribution in [0.5, 0.6) is 0 Å². The lowest BCUT2D eigenvalue weighted by atomic mass is 10.1. The van der Waals surface area contributed by atoms with E-state index in [1.165, 1.54) is 0 Å². The van der Waals surface area contributed by atoms with Crippen LogP contribution in [-0.4, -0.2) is 51.5 Å². The molecular weight excluding hydrogens is 318 g/mol. The quantitative estimate of drug-likeness (QED) is 0.870. The normalized spacial score (nSPS) is 19.1. The van der Waals surface area contributed by atoms with Gasteiger partial charge in [-0.05, 0) is 18.9 Å². The zero-order valence-electron chi connectivity index (χ0n) is 14.8. The molecule has 1 aromatic heterocycles. The zero-order valence-corrected chi connectivity index (χ0v) is 14.8. The fourth-order valence-corrected chi connectivity index (χ4v) is 3.38. The second-order valence-electron chi connectivity index (χ2n) is 6.64. The van der Waals surface area contributed by atoms with E-state index in [1.54, 1.807) is 13.1 Å². The van der Waals surface area contributed by atoms with Crippen LogP contribution in [0.25, 0.3) is 0 Å². The maximum absolute atomic E-state index is 12.1. The molecule has 134 valence electrons. The smallest absolute Gasteiger partial charge is 0.220 e. The van der Waals surface area contributed by atoms with Gasteiger partial charge in [0, 0.05) is 32.6 Å². The van der Waals surface area contributed by atoms with Gasteiger partial charge in [0.2, 0.25) is 11.8 Å². The Kier molecular flexibility index (Phi) is 5.50. The minimum Gasteiger partial charge on any atom is -0.444 e. The molecule has 1 aliphatic rings. The van der Waals surface area contributed by atoms with E-state index in [-0.39, 0.29) is 11.9 Å². The second kappa shape index (κ2) is 7.80. The molecule has 6 heteroatoms. The van der Waals surface area contributed by atoms with E-state index in [1.807, 2.05) is 42.2 Å². The molecule has 1 amide bonds. The van der Waals surface area contributed by atoms with Crippen molar-refractivity contribution in [2.45, 2.75) is 39.0 Å². The van der Waals surface area contributed by atoms with Gasteiger partial charge in [-0.1, -0.05) is 30.3 Å². The van der Waals surface area contributed by atoms with Crippen LogP contribution in [0.1, 0.15) is 36.7 Å². The summed E-state index contributed by atoms with van der Waals surface area (Å²) in [5, 5.41) is 10.4. The van der Waals surface area contributed by atoms with Crippen molar-refractivity contribution in [3.8, 4) is 0 Å². The fourth-order valence-electron chi connectivity index (χ4n) is 3.38. The van der Waals surface area contributed by atoms with Crippen molar-refractivity contribution in [3.63, 3.8) is 0 Å². The molecular formula is C19H25N3O3. The summed E-state index contributed by atoms with van der Waals surface area (Å²) in [6.07, 6.45) is 2.05. The molecule has 1 aliphatic heterocycles. The molecule has 2 heterocycles. The van der Waals surface area contributed by atoms with Crippen LogP contribution in [0.15, 0.2) is 40.9 Å². The van der Waals surface area contributed by atoms with Gasteiger partial charge in [0.05, 0.1) is 18.8 Å². The highest BCUT2D eigenvalue weighted by Gasteiger charge is 2.31. The summed E-state index contributed by atoms with van der Waals surface area (Å²) in [6.45, 7) is 6.01. The van der Waals surface area contributed by atoms with Crippen LogP contribution in [-0.2, 0) is 11.3 Å². The van der Waals surface area contributed by atoms with Crippen LogP contribution in [0.4, 0.5) is 0 Å². The topological polar surface area (TPSA) is 69.8 Å². The molecule has 0 bridgehead atoms. The number of benzene rings is 1. The number of carbonyl (C=O) groups excluding carboxylic acids is 1. The molecule has 0 aliphatic carbocycles. The Labute approximate surface area is 148 Å². The lowest BCUT2D eigenvalue weighted by Crippen LogP contribution is -2.40. The van der Waals surface area contributed by atoms with Crippen molar-refractivity contribution in [2.75, 3.05) is 19.6 Å². The van der Waals surface area contributed by atoms with E-state index < -0.39 is 6.10 Å². The number of amides is 1. The third kappa shape index (κ3) is 4.46. The summed E-state index contributed by atoms with van der Waals surface area (Å²) in [6, 6.07) is 9.79. The minimum absolute atomic E-state index is 0.0197. The number of aliphatic hydroxyl groups is 1. The van der Waals surface area contributed by atoms with Crippen molar-refractivity contribution in [1.29, 1.82) is 0 Å². The number of oxazole rings is 1. The molecule has 1 N–H and O–H groups in total. The molecule has 0 spiro atoms. The first kappa shape index (κ1) is 17.6. The Morgan fingerprint density at radius 2 is 2.20 bits per heavy atom. The Morgan fingerprint density at radius 1 is 1.44 bits per heavy atom. The number of β-amino-alcohol motifs (C(OH)–C–C–N with tert-alkyl or cyclic N) is 1. The number of hydrogen-bond donors (Lipinski definition) is 1. The van der Waals surface area contributed by atoms with Crippen LogP contribution in [0.2, 0.25) is 0 Å². The van der Waals surface area contributed by atoms with Gasteiger partial charge in [0.25, 0.3) is 0 Å². The average Bonchev–Trinajstić information content (AvgIpc) is 3.22. The first-order valence-electron chi connectivity index (χ1n) is 8.67. The van der Waals surface area contributed by atoms with E-state index in [0.717, 1.165) is 30.8 Å². The monoisotopic (exact) mass is 343 g/mol. The van der Waals surface area contributed by atoms with Crippen molar-refractivity contribution in [1.82, 2.24) is 14.8 Å². The third-order valence-corrected chi connectivity index (χ3v) is 4.68. The Morgan fingerprint density at radius 3 is 2.84 bits per heavy atom. The van der Waals surface area contributed by atoms with Crippen molar-refractivity contribution in [2.24, 2.45) is 0 Å². The van der Waals surface area contributed by atoms with E-state index in [0.29, 0.717) is 19.0 Å². The number of rotatable bonds is 6. The van der Waals surface area contributed by atoms with E-state index in [9.17, 15) is 9.90 Å². The highest BCUT2D eigenvalue weighted by Crippen LogP contribution is 2.22. The van der Waals surface area contributed by atoms with Gasteiger partial charge in [0.15, 0.2) is 0 Å². The van der Waals surface area contributed by atoms with Crippen LogP contribution in [0, 0.1) is 6.92 Å². The number of hydrogen-bond acceptors (Lipinski definition) is 5. The Bertz CT molecular complexity index is 701. The first-order chi connectivity index (χ1) is 12.0. The van der Waals surface area contributed by atoms with Gasteiger partial charge < -0.3 is 14.4 Å². The van der Waals surface area contributed by atoms with Gasteiger partial charge in [0.1, 0.15) is 5.76 Å². The van der Waals surface area contributed by atoms with E-state index >= 15 is 0 Å². The number of aromatic nitrogens is 1. The predicted molar refractivity (Wildman–Crippen MR) is 93.7 cm³/mol. The summed E-state index contributed by atoms with van der Waals surface area (Å²) in [7, 11) is 0. The average molecular weight is 343 g/mol. The highest BCUT2D eigenvalue weighted by atomic mass is 16.4. The van der Waals surface area contributed by atoms with Gasteiger partial charge in [-0.25, -0.2) is 4.98 Å². The van der Waals surface area contributed by atoms with Crippen LogP contribution < -0.4 is 0 Å². The molecule has 6 nitrogen and oxygen atoms in total. The van der Waals surface area contributed by atoms with Crippen LogP contribution in [0.3, 0.4) is 0 Å². The fraction of sp³-hybridized carbons (Fsp3) is 0.474. The first-order valence-corrected chi connectivity index (χ1v) is 8.67. The minimum atomic E-state index is -0.514. The predicted octanol–water partition coefficient (Wildman–Crippen LogP) is 2.14. The number of likely N-dealkylation sites (tertiary alicyclic amines) is 1. The maximum atomic E-state index is 12.1. The number of aliphatic hydroxyl groups excluding tert-OH is 1. The molecule has 0 radical (unpaired) electrons. The summed E-state index contributed by atoms with van der Waals surface area (Å²) in [4.78, 5) is 20.3. The summed E-state index contributed by atoms with van der Waals surface area (Å²) in [5.74, 6) is 1.33. The molecule has 1 aromatic carbocycles. The van der Waals surface area contributed by atoms with Crippen LogP contribution >= 0.6 is 0 Å². The standard InChI is InChI=1S/C19H25N3O3/c1-14-10-20-19(25-14)13-22(15(2)23)17-8-9-21(11-17)12-18(24)16-6-4-3-5-7-16/h3-7,10,17-18,24H,8-9,11-13H2,1-2H3/t17-,18-/m0/s1. The largest absolute Gasteiger partial charge is 0.444 e. The second-order valence-corrected chi connectivity index (χ2v) is 6.64. The molecule has 25 heavy (non-hydrogen) atoms. The van der Waals surface area contributed by atoms with Gasteiger partial charge in [-0.2, -0.15) is 0 Å². The van der Waals surface area contributed by atoms with Crippen molar-refractivity contribution < 1.29 is 14.3 Å². The van der Waals surface area contributed by atoms with E-state index in [4.69, 9.17) is 4.42 Å². The van der Waals surface area contributed by atoms with Gasteiger partial charge in [-0.3, -0.25) is 9.69 Å². The molecule has 2 atom stereocenters. The maximum Gasteiger partial charge on any atom is 0.220 e. The molecule has 0 unspecified atom stereocenters. The number of carbonyl (C=O) groups is 1. The summed E-state index contributed by atoms with van der Waals surface area (Å²) in [5.41, 5.74) is 0.921. The lowest BCUT2D eigenvalue weighted by molar-refractivity contribution is -0.132. The van der Waals surface area contributed by atoms with Crippen molar-refractivity contribution in [3.05, 3.63) is 53.7 Å². The molecule has 1 fully saturated rings. The molecule has 0 saturated carbocycles. The summed E-state index contributed by atoms with van der Waals surface area (Å²) < 4.78 is 5.51. The van der Waals surface area contributed by atoms with Crippen molar-refractivity contribution >= 4 is 5.91 Å². The number of nitrogens with zero attached hydrogens (tertiary/aromatic N) is 3. The SMILES string of the molecule is CC(=O)N(Cc1ncc(C)o1)[C@H]1CCN(C[C@H](O)c2ccccc2)C1. The highest BCUT2D eigenvalue weighted by molar-refractivity contribution is 5.73. The van der Waals surface area contributed by atoms with E-state index in [2.05, 4.69) is 9.88 Å². The van der Waals surface area contributed by atoms with Gasteiger partial charge >= 0.3 is 0 Å². The third-order valence-electron chi connectivity index (χ3n) is 4.68. The molecule has 3 rings (SSSR count). The zero-order chi connectivity index (χ0) is 17.8. The lowest BCUT2D eigenvalue weighted by Gasteiger charge is -2.27. The van der Waals surface area contributed by atoms with Gasteiger partial charge in [-0.15, -0.1) is 0 Å². The Balaban J connectivity index is 1.59. The molecule has 1 saturated heterocycles. The molecule has 2 aromatic rings.